The Morgan fingerprint density at radius 3 is 2.50 bits per heavy atom. The fourth-order valence-corrected chi connectivity index (χ4v) is 1.96. The minimum atomic E-state index is 0.252. The van der Waals surface area contributed by atoms with Crippen LogP contribution in [0.1, 0.15) is 20.3 Å². The van der Waals surface area contributed by atoms with E-state index in [1.165, 1.54) is 6.42 Å². The van der Waals surface area contributed by atoms with E-state index in [-0.39, 0.29) is 5.37 Å². The Morgan fingerprint density at radius 1 is 1.50 bits per heavy atom. The maximum atomic E-state index is 4.26. The molecule has 12 heavy (non-hydrogen) atoms. The van der Waals surface area contributed by atoms with Crippen molar-refractivity contribution in [3.63, 3.8) is 0 Å². The van der Waals surface area contributed by atoms with Gasteiger partial charge < -0.3 is 0 Å². The molecule has 1 N–H and O–H groups in total. The third-order valence-electron chi connectivity index (χ3n) is 1.64. The SMILES string of the molecule is C[I-][C@@H](C)CCN(C)NC(C)S. The van der Waals surface area contributed by atoms with Gasteiger partial charge in [0.2, 0.25) is 0 Å². The molecule has 0 aromatic carbocycles. The van der Waals surface area contributed by atoms with Gasteiger partial charge in [-0.2, -0.15) is 0 Å². The number of rotatable bonds is 6. The standard InChI is InChI=1S/C8H20IN2S/c1-7(9-3)5-6-11(4)10-8(2)12/h7-8,10,12H,5-6H2,1-4H3/q-1/t7-,8?/m0/s1. The Morgan fingerprint density at radius 2 is 2.08 bits per heavy atom. The molecule has 0 aromatic heterocycles. The van der Waals surface area contributed by atoms with E-state index in [0.717, 1.165) is 10.5 Å². The van der Waals surface area contributed by atoms with E-state index in [2.05, 4.69) is 42.0 Å². The van der Waals surface area contributed by atoms with Crippen molar-refractivity contribution in [2.24, 2.45) is 0 Å². The van der Waals surface area contributed by atoms with E-state index in [0.29, 0.717) is 21.2 Å². The minimum absolute atomic E-state index is 0.252. The Kier molecular flexibility index (Phi) is 8.03. The van der Waals surface area contributed by atoms with Crippen LogP contribution in [0.3, 0.4) is 0 Å². The number of nitrogens with zero attached hydrogens (tertiary/aromatic N) is 1. The molecule has 0 amide bonds. The van der Waals surface area contributed by atoms with Crippen molar-refractivity contribution in [2.75, 3.05) is 18.5 Å². The van der Waals surface area contributed by atoms with E-state index < -0.39 is 0 Å². The molecule has 0 saturated carbocycles. The van der Waals surface area contributed by atoms with Gasteiger partial charge in [0, 0.05) is 0 Å². The summed E-state index contributed by atoms with van der Waals surface area (Å²) >= 11 is 4.68. The van der Waals surface area contributed by atoms with Crippen LogP contribution < -0.4 is 26.6 Å². The quantitative estimate of drug-likeness (QED) is 0.198. The van der Waals surface area contributed by atoms with E-state index in [4.69, 9.17) is 0 Å². The number of nitrogens with one attached hydrogen (secondary N) is 1. The third-order valence-corrected chi connectivity index (χ3v) is 4.51. The zero-order valence-electron chi connectivity index (χ0n) is 8.34. The number of thiol groups is 1. The molecule has 2 atom stereocenters. The molecule has 2 nitrogen and oxygen atoms in total. The summed E-state index contributed by atoms with van der Waals surface area (Å²) in [6, 6.07) is 0. The van der Waals surface area contributed by atoms with E-state index in [9.17, 15) is 0 Å². The summed E-state index contributed by atoms with van der Waals surface area (Å²) in [4.78, 5) is 2.35. The van der Waals surface area contributed by atoms with Crippen LogP contribution in [0.15, 0.2) is 0 Å². The molecular weight excluding hydrogens is 283 g/mol. The average molecular weight is 303 g/mol. The zero-order chi connectivity index (χ0) is 9.56. The number of hydrazine groups is 1. The average Bonchev–Trinajstić information content (AvgIpc) is 1.99. The third kappa shape index (κ3) is 7.64. The van der Waals surface area contributed by atoms with Crippen molar-refractivity contribution in [1.82, 2.24) is 10.4 Å². The molecule has 0 aliphatic rings. The first kappa shape index (κ1) is 13.0. The summed E-state index contributed by atoms with van der Waals surface area (Å²) < 4.78 is 0.934. The van der Waals surface area contributed by atoms with Crippen LogP contribution in [0.5, 0.6) is 0 Å². The molecule has 1 unspecified atom stereocenters. The molecule has 4 heteroatoms. The molecule has 0 aliphatic carbocycles. The van der Waals surface area contributed by atoms with Gasteiger partial charge in [-0.1, -0.05) is 0 Å². The molecular formula is C8H20IN2S-. The van der Waals surface area contributed by atoms with Gasteiger partial charge in [0.05, 0.1) is 0 Å². The van der Waals surface area contributed by atoms with Crippen molar-refractivity contribution in [1.29, 1.82) is 0 Å². The predicted octanol–water partition coefficient (Wildman–Crippen LogP) is -1.80. The summed E-state index contributed by atoms with van der Waals surface area (Å²) in [5.41, 5.74) is 3.23. The van der Waals surface area contributed by atoms with Gasteiger partial charge in [-0.25, -0.2) is 0 Å². The summed E-state index contributed by atoms with van der Waals surface area (Å²) in [5.74, 6) is 0. The molecule has 0 spiro atoms. The van der Waals surface area contributed by atoms with Gasteiger partial charge in [0.1, 0.15) is 0 Å². The second-order valence-electron chi connectivity index (χ2n) is 3.01. The summed E-state index contributed by atoms with van der Waals surface area (Å²) in [7, 11) is 2.08. The zero-order valence-corrected chi connectivity index (χ0v) is 11.4. The molecule has 0 aromatic rings. The monoisotopic (exact) mass is 303 g/mol. The molecule has 0 heterocycles. The Labute approximate surface area is 92.1 Å². The fraction of sp³-hybridized carbons (Fsp3) is 1.00. The molecule has 0 rings (SSSR count). The van der Waals surface area contributed by atoms with Crippen LogP contribution in [0, 0.1) is 0 Å². The van der Waals surface area contributed by atoms with Gasteiger partial charge in [0.15, 0.2) is 0 Å². The Bertz CT molecular complexity index is 111. The number of halogens is 1. The van der Waals surface area contributed by atoms with Crippen LogP contribution in [0.25, 0.3) is 0 Å². The molecule has 0 saturated heterocycles. The number of hydrogen-bond acceptors (Lipinski definition) is 3. The van der Waals surface area contributed by atoms with Crippen LogP contribution in [0.2, 0.25) is 0 Å². The molecule has 0 fully saturated rings. The topological polar surface area (TPSA) is 15.3 Å². The number of hydrogen-bond donors (Lipinski definition) is 2. The van der Waals surface area contributed by atoms with Crippen LogP contribution >= 0.6 is 12.6 Å². The van der Waals surface area contributed by atoms with Gasteiger partial charge in [-0.15, -0.1) is 0 Å². The number of alkyl halides is 2. The second kappa shape index (κ2) is 7.41. The van der Waals surface area contributed by atoms with Crippen LogP contribution in [-0.2, 0) is 0 Å². The Hall–Kier alpha value is 1.000. The van der Waals surface area contributed by atoms with Gasteiger partial charge >= 0.3 is 92.4 Å². The second-order valence-corrected chi connectivity index (χ2v) is 7.16. The maximum absolute atomic E-state index is 4.26. The molecule has 0 bridgehead atoms. The van der Waals surface area contributed by atoms with Crippen molar-refractivity contribution >= 4 is 12.6 Å². The molecule has 0 radical (unpaired) electrons. The van der Waals surface area contributed by atoms with Crippen molar-refractivity contribution in [3.8, 4) is 0 Å². The Balaban J connectivity index is 3.36. The first-order valence-corrected chi connectivity index (χ1v) is 8.11. The van der Waals surface area contributed by atoms with Crippen molar-refractivity contribution in [3.05, 3.63) is 0 Å². The summed E-state index contributed by atoms with van der Waals surface area (Å²) in [5, 5.41) is 2.38. The summed E-state index contributed by atoms with van der Waals surface area (Å²) in [6.45, 7) is 5.50. The normalized spacial score (nSPS) is 16.8. The first-order valence-electron chi connectivity index (χ1n) is 4.19. The summed E-state index contributed by atoms with van der Waals surface area (Å²) in [6.07, 6.45) is 1.30. The van der Waals surface area contributed by atoms with Crippen LogP contribution in [0.4, 0.5) is 0 Å². The van der Waals surface area contributed by atoms with Gasteiger partial charge in [0.25, 0.3) is 0 Å². The van der Waals surface area contributed by atoms with Crippen molar-refractivity contribution < 1.29 is 21.2 Å². The van der Waals surface area contributed by atoms with E-state index in [1.807, 2.05) is 6.92 Å². The van der Waals surface area contributed by atoms with Gasteiger partial charge in [-0.05, 0) is 0 Å². The molecule has 76 valence electrons. The fourth-order valence-electron chi connectivity index (χ4n) is 0.864. The van der Waals surface area contributed by atoms with E-state index >= 15 is 0 Å². The van der Waals surface area contributed by atoms with E-state index in [1.54, 1.807) is 0 Å². The van der Waals surface area contributed by atoms with Gasteiger partial charge in [-0.3, -0.25) is 0 Å². The predicted molar refractivity (Wildman–Crippen MR) is 54.2 cm³/mol. The van der Waals surface area contributed by atoms with Crippen LogP contribution in [-0.4, -0.2) is 32.8 Å². The van der Waals surface area contributed by atoms with Crippen molar-refractivity contribution in [2.45, 2.75) is 29.6 Å². The molecule has 0 aliphatic heterocycles. The first-order chi connectivity index (χ1) is 5.56.